The topological polar surface area (TPSA) is 71.8 Å². The van der Waals surface area contributed by atoms with Crippen molar-refractivity contribution in [3.05, 3.63) is 35.7 Å². The molecule has 0 unspecified atom stereocenters. The lowest BCUT2D eigenvalue weighted by molar-refractivity contribution is 0.656. The van der Waals surface area contributed by atoms with Crippen LogP contribution in [0.4, 0.5) is 0 Å². The molecule has 0 bridgehead atoms. The van der Waals surface area contributed by atoms with Crippen LogP contribution in [0.2, 0.25) is 0 Å². The molecule has 0 fully saturated rings. The smallest absolute Gasteiger partial charge is 0.186 e. The minimum Gasteiger partial charge on any atom is -0.281 e. The molecule has 0 N–H and O–H groups in total. The molecule has 6 nitrogen and oxygen atoms in total. The van der Waals surface area contributed by atoms with Gasteiger partial charge >= 0.3 is 0 Å². The first-order valence-corrected chi connectivity index (χ1v) is 6.02. The number of hydrogen-bond donors (Lipinski definition) is 0. The third-order valence-electron chi connectivity index (χ3n) is 2.97. The number of nitrogens with zero attached hydrogens (tertiary/aromatic N) is 6. The lowest BCUT2D eigenvalue weighted by Gasteiger charge is -2.02. The summed E-state index contributed by atoms with van der Waals surface area (Å²) in [5.41, 5.74) is 3.11. The Morgan fingerprint density at radius 1 is 1.32 bits per heavy atom. The standard InChI is InChI=1S/C13H12N6/c1-3-19-11(6-9(2)17-19)13-16-15-12-7-10(8-14)4-5-18(12)13/h4-7H,3H2,1-2H3. The van der Waals surface area contributed by atoms with Crippen LogP contribution in [0.5, 0.6) is 0 Å². The van der Waals surface area contributed by atoms with Gasteiger partial charge < -0.3 is 0 Å². The predicted octanol–water partition coefficient (Wildman–Crippen LogP) is 1.79. The van der Waals surface area contributed by atoms with Gasteiger partial charge in [0.1, 0.15) is 5.69 Å². The Morgan fingerprint density at radius 2 is 2.16 bits per heavy atom. The zero-order chi connectivity index (χ0) is 13.4. The maximum atomic E-state index is 8.88. The van der Waals surface area contributed by atoms with E-state index in [1.54, 1.807) is 12.1 Å². The average molecular weight is 252 g/mol. The zero-order valence-corrected chi connectivity index (χ0v) is 10.7. The summed E-state index contributed by atoms with van der Waals surface area (Å²) in [5.74, 6) is 0.738. The van der Waals surface area contributed by atoms with E-state index in [4.69, 9.17) is 5.26 Å². The van der Waals surface area contributed by atoms with Gasteiger partial charge in [-0.1, -0.05) is 0 Å². The number of pyridine rings is 1. The summed E-state index contributed by atoms with van der Waals surface area (Å²) in [6.07, 6.45) is 1.81. The maximum Gasteiger partial charge on any atom is 0.186 e. The number of nitriles is 1. The number of fused-ring (bicyclic) bond motifs is 1. The quantitative estimate of drug-likeness (QED) is 0.697. The Morgan fingerprint density at radius 3 is 2.89 bits per heavy atom. The van der Waals surface area contributed by atoms with E-state index in [1.807, 2.05) is 35.2 Å². The summed E-state index contributed by atoms with van der Waals surface area (Å²) >= 11 is 0. The van der Waals surface area contributed by atoms with Gasteiger partial charge in [-0.2, -0.15) is 10.4 Å². The number of aryl methyl sites for hydroxylation is 2. The van der Waals surface area contributed by atoms with Crippen molar-refractivity contribution in [3.63, 3.8) is 0 Å². The first kappa shape index (κ1) is 11.4. The van der Waals surface area contributed by atoms with Crippen molar-refractivity contribution in [1.82, 2.24) is 24.4 Å². The van der Waals surface area contributed by atoms with Crippen LogP contribution in [0.25, 0.3) is 17.2 Å². The van der Waals surface area contributed by atoms with Crippen LogP contribution >= 0.6 is 0 Å². The molecule has 3 heterocycles. The van der Waals surface area contributed by atoms with Crippen molar-refractivity contribution < 1.29 is 0 Å². The fraction of sp³-hybridized carbons (Fsp3) is 0.231. The summed E-state index contributed by atoms with van der Waals surface area (Å²) in [6.45, 7) is 4.76. The average Bonchev–Trinajstić information content (AvgIpc) is 3.00. The van der Waals surface area contributed by atoms with Gasteiger partial charge in [0.2, 0.25) is 0 Å². The molecule has 3 aromatic heterocycles. The van der Waals surface area contributed by atoms with Crippen LogP contribution in [-0.2, 0) is 6.54 Å². The fourth-order valence-electron chi connectivity index (χ4n) is 2.10. The first-order valence-electron chi connectivity index (χ1n) is 6.02. The lowest BCUT2D eigenvalue weighted by atomic mass is 10.3. The van der Waals surface area contributed by atoms with Crippen LogP contribution in [-0.4, -0.2) is 24.4 Å². The van der Waals surface area contributed by atoms with E-state index in [-0.39, 0.29) is 0 Å². The highest BCUT2D eigenvalue weighted by Gasteiger charge is 2.13. The van der Waals surface area contributed by atoms with Crippen LogP contribution < -0.4 is 0 Å². The molecular formula is C13H12N6. The van der Waals surface area contributed by atoms with Crippen molar-refractivity contribution in [2.24, 2.45) is 0 Å². The number of hydrogen-bond acceptors (Lipinski definition) is 4. The molecule has 0 aromatic carbocycles. The maximum absolute atomic E-state index is 8.88. The molecule has 0 amide bonds. The van der Waals surface area contributed by atoms with E-state index in [1.165, 1.54) is 0 Å². The van der Waals surface area contributed by atoms with E-state index >= 15 is 0 Å². The molecule has 94 valence electrons. The van der Waals surface area contributed by atoms with Gasteiger partial charge in [0.15, 0.2) is 11.5 Å². The Balaban J connectivity index is 2.23. The molecule has 0 atom stereocenters. The normalized spacial score (nSPS) is 10.8. The summed E-state index contributed by atoms with van der Waals surface area (Å²) in [7, 11) is 0. The van der Waals surface area contributed by atoms with Crippen LogP contribution in [0.3, 0.4) is 0 Å². The first-order chi connectivity index (χ1) is 9.22. The Hall–Kier alpha value is -2.68. The molecule has 3 aromatic rings. The molecule has 3 rings (SSSR count). The predicted molar refractivity (Wildman–Crippen MR) is 69.3 cm³/mol. The highest BCUT2D eigenvalue weighted by Crippen LogP contribution is 2.20. The third-order valence-corrected chi connectivity index (χ3v) is 2.97. The molecule has 0 saturated heterocycles. The highest BCUT2D eigenvalue weighted by molar-refractivity contribution is 5.57. The van der Waals surface area contributed by atoms with Crippen molar-refractivity contribution in [2.75, 3.05) is 0 Å². The highest BCUT2D eigenvalue weighted by atomic mass is 15.3. The van der Waals surface area contributed by atoms with E-state index in [0.29, 0.717) is 11.2 Å². The molecule has 0 spiro atoms. The van der Waals surface area contributed by atoms with Gasteiger partial charge in [-0.25, -0.2) is 0 Å². The van der Waals surface area contributed by atoms with Gasteiger partial charge in [0, 0.05) is 18.8 Å². The second kappa shape index (κ2) is 4.21. The van der Waals surface area contributed by atoms with Gasteiger partial charge in [0.05, 0.1) is 17.3 Å². The molecular weight excluding hydrogens is 240 g/mol. The van der Waals surface area contributed by atoms with Crippen molar-refractivity contribution in [3.8, 4) is 17.6 Å². The van der Waals surface area contributed by atoms with Gasteiger partial charge in [-0.3, -0.25) is 9.08 Å². The van der Waals surface area contributed by atoms with E-state index in [9.17, 15) is 0 Å². The fourth-order valence-corrected chi connectivity index (χ4v) is 2.10. The molecule has 19 heavy (non-hydrogen) atoms. The van der Waals surface area contributed by atoms with Crippen LogP contribution in [0.1, 0.15) is 18.2 Å². The summed E-state index contributed by atoms with van der Waals surface area (Å²) in [6, 6.07) is 7.55. The van der Waals surface area contributed by atoms with Crippen LogP contribution in [0.15, 0.2) is 24.4 Å². The monoisotopic (exact) mass is 252 g/mol. The van der Waals surface area contributed by atoms with Crippen molar-refractivity contribution >= 4 is 5.65 Å². The van der Waals surface area contributed by atoms with E-state index in [2.05, 4.69) is 21.4 Å². The Labute approximate surface area is 109 Å². The zero-order valence-electron chi connectivity index (χ0n) is 10.7. The largest absolute Gasteiger partial charge is 0.281 e. The molecule has 0 aliphatic heterocycles. The van der Waals surface area contributed by atoms with Gasteiger partial charge in [-0.15, -0.1) is 10.2 Å². The molecule has 0 aliphatic rings. The van der Waals surface area contributed by atoms with E-state index < -0.39 is 0 Å². The minimum absolute atomic E-state index is 0.576. The van der Waals surface area contributed by atoms with Crippen LogP contribution in [0, 0.1) is 18.3 Å². The summed E-state index contributed by atoms with van der Waals surface area (Å²) in [5, 5.41) is 21.6. The number of rotatable bonds is 2. The SMILES string of the molecule is CCn1nc(C)cc1-c1nnc2cc(C#N)ccn12. The third kappa shape index (κ3) is 1.76. The number of aromatic nitrogens is 5. The second-order valence-electron chi connectivity index (χ2n) is 4.27. The van der Waals surface area contributed by atoms with Crippen molar-refractivity contribution in [2.45, 2.75) is 20.4 Å². The van der Waals surface area contributed by atoms with Gasteiger partial charge in [0.25, 0.3) is 0 Å². The molecule has 0 aliphatic carbocycles. The van der Waals surface area contributed by atoms with E-state index in [0.717, 1.165) is 23.8 Å². The Kier molecular flexibility index (Phi) is 2.53. The summed E-state index contributed by atoms with van der Waals surface area (Å²) in [4.78, 5) is 0. The molecule has 0 radical (unpaired) electrons. The van der Waals surface area contributed by atoms with Crippen molar-refractivity contribution in [1.29, 1.82) is 5.26 Å². The second-order valence-corrected chi connectivity index (χ2v) is 4.27. The summed E-state index contributed by atoms with van der Waals surface area (Å²) < 4.78 is 3.76. The molecule has 6 heteroatoms. The van der Waals surface area contributed by atoms with Gasteiger partial charge in [-0.05, 0) is 26.0 Å². The molecule has 0 saturated carbocycles. The lowest BCUT2D eigenvalue weighted by Crippen LogP contribution is -2.01. The Bertz CT molecular complexity index is 789. The minimum atomic E-state index is 0.576.